The number of fused-ring (bicyclic) bond motifs is 1. The van der Waals surface area contributed by atoms with Crippen molar-refractivity contribution in [2.45, 2.75) is 32.6 Å². The van der Waals surface area contributed by atoms with Crippen molar-refractivity contribution < 1.29 is 13.9 Å². The lowest BCUT2D eigenvalue weighted by atomic mass is 10.1. The molecule has 1 fully saturated rings. The fraction of sp³-hybridized carbons (Fsp3) is 0.333. The van der Waals surface area contributed by atoms with Crippen LogP contribution in [0.25, 0.3) is 11.1 Å². The molecule has 2 aromatic carbocycles. The van der Waals surface area contributed by atoms with Crippen molar-refractivity contribution in [2.24, 2.45) is 0 Å². The second-order valence-electron chi connectivity index (χ2n) is 6.97. The van der Waals surface area contributed by atoms with E-state index >= 15 is 0 Å². The Balaban J connectivity index is 1.36. The second kappa shape index (κ2) is 7.40. The third-order valence-corrected chi connectivity index (χ3v) is 4.77. The third-order valence-electron chi connectivity index (χ3n) is 4.77. The van der Waals surface area contributed by atoms with E-state index in [0.29, 0.717) is 12.6 Å². The number of amides is 1. The Bertz CT molecular complexity index is 932. The highest BCUT2D eigenvalue weighted by atomic mass is 16.5. The first-order valence-electron chi connectivity index (χ1n) is 9.16. The molecule has 1 amide bonds. The summed E-state index contributed by atoms with van der Waals surface area (Å²) in [6.45, 7) is 5.63. The molecule has 6 nitrogen and oxygen atoms in total. The number of anilines is 1. The van der Waals surface area contributed by atoms with Crippen molar-refractivity contribution in [3.63, 3.8) is 0 Å². The summed E-state index contributed by atoms with van der Waals surface area (Å²) in [4.78, 5) is 17.9. The van der Waals surface area contributed by atoms with Crippen LogP contribution in [0.5, 0.6) is 0 Å². The molecule has 0 bridgehead atoms. The van der Waals surface area contributed by atoms with E-state index in [2.05, 4.69) is 27.3 Å². The maximum Gasteiger partial charge on any atom is 0.298 e. The van der Waals surface area contributed by atoms with Crippen LogP contribution in [0.1, 0.15) is 31.0 Å². The van der Waals surface area contributed by atoms with E-state index < -0.39 is 0 Å². The van der Waals surface area contributed by atoms with Gasteiger partial charge in [0.2, 0.25) is 5.91 Å². The maximum atomic E-state index is 11.2. The van der Waals surface area contributed by atoms with Crippen LogP contribution < -0.4 is 10.2 Å². The minimum Gasteiger partial charge on any atom is -0.423 e. The smallest absolute Gasteiger partial charge is 0.298 e. The standard InChI is InChI=1S/C21H23N3O3/c1-14(22-15(2)25)17-8-9-19-20(10-17)27-21(23-19)24-11-18(12-24)26-13-16-6-4-3-5-7-16/h3-10,14,18H,11-13H2,1-2H3,(H,22,25)/t14-/m0/s1. The molecule has 1 aromatic heterocycles. The zero-order valence-electron chi connectivity index (χ0n) is 15.5. The van der Waals surface area contributed by atoms with Gasteiger partial charge in [0.15, 0.2) is 5.58 Å². The minimum atomic E-state index is -0.0692. The quantitative estimate of drug-likeness (QED) is 0.725. The summed E-state index contributed by atoms with van der Waals surface area (Å²) in [5, 5.41) is 2.88. The van der Waals surface area contributed by atoms with Gasteiger partial charge in [-0.1, -0.05) is 36.4 Å². The van der Waals surface area contributed by atoms with Gasteiger partial charge in [-0.15, -0.1) is 0 Å². The Morgan fingerprint density at radius 3 is 2.81 bits per heavy atom. The van der Waals surface area contributed by atoms with E-state index in [4.69, 9.17) is 9.15 Å². The highest BCUT2D eigenvalue weighted by Gasteiger charge is 2.31. The van der Waals surface area contributed by atoms with Gasteiger partial charge in [0.05, 0.1) is 31.8 Å². The van der Waals surface area contributed by atoms with E-state index in [0.717, 1.165) is 29.8 Å². The van der Waals surface area contributed by atoms with Gasteiger partial charge in [-0.3, -0.25) is 4.79 Å². The molecule has 1 aliphatic heterocycles. The summed E-state index contributed by atoms with van der Waals surface area (Å²) in [5.74, 6) is -0.0528. The SMILES string of the molecule is CC(=O)N[C@@H](C)c1ccc2nc(N3CC(OCc4ccccc4)C3)oc2c1. The predicted octanol–water partition coefficient (Wildman–Crippen LogP) is 3.43. The van der Waals surface area contributed by atoms with Crippen molar-refractivity contribution in [1.82, 2.24) is 10.3 Å². The van der Waals surface area contributed by atoms with E-state index in [1.54, 1.807) is 0 Å². The first-order valence-corrected chi connectivity index (χ1v) is 9.16. The summed E-state index contributed by atoms with van der Waals surface area (Å²) >= 11 is 0. The zero-order valence-corrected chi connectivity index (χ0v) is 15.5. The molecule has 6 heteroatoms. The normalized spacial score (nSPS) is 15.6. The summed E-state index contributed by atoms with van der Waals surface area (Å²) in [7, 11) is 0. The number of aromatic nitrogens is 1. The summed E-state index contributed by atoms with van der Waals surface area (Å²) in [5.41, 5.74) is 3.72. The molecular formula is C21H23N3O3. The van der Waals surface area contributed by atoms with Crippen LogP contribution in [0.2, 0.25) is 0 Å². The van der Waals surface area contributed by atoms with E-state index in [1.807, 2.05) is 43.3 Å². The molecule has 27 heavy (non-hydrogen) atoms. The molecule has 1 N–H and O–H groups in total. The minimum absolute atomic E-state index is 0.0528. The third kappa shape index (κ3) is 3.95. The van der Waals surface area contributed by atoms with Crippen molar-refractivity contribution in [3.05, 3.63) is 59.7 Å². The van der Waals surface area contributed by atoms with Gasteiger partial charge in [-0.2, -0.15) is 4.98 Å². The first-order chi connectivity index (χ1) is 13.1. The van der Waals surface area contributed by atoms with Crippen LogP contribution in [-0.2, 0) is 16.1 Å². The van der Waals surface area contributed by atoms with E-state index in [-0.39, 0.29) is 18.1 Å². The van der Waals surface area contributed by atoms with Gasteiger partial charge in [0, 0.05) is 6.92 Å². The van der Waals surface area contributed by atoms with Crippen molar-refractivity contribution >= 4 is 23.0 Å². The van der Waals surface area contributed by atoms with E-state index in [1.165, 1.54) is 12.5 Å². The molecule has 0 spiro atoms. The molecule has 1 aliphatic rings. The number of nitrogens with zero attached hydrogens (tertiary/aromatic N) is 2. The van der Waals surface area contributed by atoms with Gasteiger partial charge < -0.3 is 19.4 Å². The Kier molecular flexibility index (Phi) is 4.81. The van der Waals surface area contributed by atoms with Crippen molar-refractivity contribution in [2.75, 3.05) is 18.0 Å². The van der Waals surface area contributed by atoms with Crippen LogP contribution in [-0.4, -0.2) is 30.1 Å². The van der Waals surface area contributed by atoms with Gasteiger partial charge in [-0.25, -0.2) is 0 Å². The summed E-state index contributed by atoms with van der Waals surface area (Å²) < 4.78 is 11.9. The molecule has 140 valence electrons. The lowest BCUT2D eigenvalue weighted by Crippen LogP contribution is -2.52. The monoisotopic (exact) mass is 365 g/mol. The second-order valence-corrected chi connectivity index (χ2v) is 6.97. The maximum absolute atomic E-state index is 11.2. The fourth-order valence-electron chi connectivity index (χ4n) is 3.21. The summed E-state index contributed by atoms with van der Waals surface area (Å²) in [6, 6.07) is 16.6. The van der Waals surface area contributed by atoms with Crippen LogP contribution in [0.3, 0.4) is 0 Å². The number of ether oxygens (including phenoxy) is 1. The highest BCUT2D eigenvalue weighted by molar-refractivity contribution is 5.77. The summed E-state index contributed by atoms with van der Waals surface area (Å²) in [6.07, 6.45) is 0.190. The van der Waals surface area contributed by atoms with Gasteiger partial charge >= 0.3 is 0 Å². The Morgan fingerprint density at radius 1 is 1.30 bits per heavy atom. The molecule has 3 aromatic rings. The molecule has 1 atom stereocenters. The van der Waals surface area contributed by atoms with Crippen LogP contribution >= 0.6 is 0 Å². The van der Waals surface area contributed by atoms with Gasteiger partial charge in [0.1, 0.15) is 5.52 Å². The Labute approximate surface area is 158 Å². The van der Waals surface area contributed by atoms with Crippen molar-refractivity contribution in [3.8, 4) is 0 Å². The predicted molar refractivity (Wildman–Crippen MR) is 103 cm³/mol. The molecule has 4 rings (SSSR count). The lowest BCUT2D eigenvalue weighted by molar-refractivity contribution is -0.119. The molecule has 1 saturated heterocycles. The number of rotatable bonds is 6. The molecular weight excluding hydrogens is 342 g/mol. The van der Waals surface area contributed by atoms with Crippen LogP contribution in [0.4, 0.5) is 6.01 Å². The van der Waals surface area contributed by atoms with Gasteiger partial charge in [0.25, 0.3) is 6.01 Å². The number of benzene rings is 2. The molecule has 0 unspecified atom stereocenters. The number of hydrogen-bond acceptors (Lipinski definition) is 5. The molecule has 0 saturated carbocycles. The van der Waals surface area contributed by atoms with Crippen LogP contribution in [0, 0.1) is 0 Å². The largest absolute Gasteiger partial charge is 0.423 e. The van der Waals surface area contributed by atoms with Crippen molar-refractivity contribution in [1.29, 1.82) is 0 Å². The number of hydrogen-bond donors (Lipinski definition) is 1. The number of oxazole rings is 1. The van der Waals surface area contributed by atoms with E-state index in [9.17, 15) is 4.79 Å². The van der Waals surface area contributed by atoms with Crippen LogP contribution in [0.15, 0.2) is 52.9 Å². The lowest BCUT2D eigenvalue weighted by Gasteiger charge is -2.37. The first kappa shape index (κ1) is 17.5. The molecule has 0 radical (unpaired) electrons. The zero-order chi connectivity index (χ0) is 18.8. The number of carbonyl (C=O) groups excluding carboxylic acids is 1. The molecule has 2 heterocycles. The van der Waals surface area contributed by atoms with Gasteiger partial charge in [-0.05, 0) is 30.2 Å². The molecule has 0 aliphatic carbocycles. The Morgan fingerprint density at radius 2 is 2.07 bits per heavy atom. The Hall–Kier alpha value is -2.86. The average molecular weight is 365 g/mol. The highest BCUT2D eigenvalue weighted by Crippen LogP contribution is 2.28. The topological polar surface area (TPSA) is 67.6 Å². The number of nitrogens with one attached hydrogen (secondary N) is 1. The number of carbonyl (C=O) groups is 1. The average Bonchev–Trinajstić information content (AvgIpc) is 3.03. The fourth-order valence-corrected chi connectivity index (χ4v) is 3.21.